The Bertz CT molecular complexity index is 1010. The third kappa shape index (κ3) is 5.38. The van der Waals surface area contributed by atoms with E-state index in [2.05, 4.69) is 67.7 Å². The Morgan fingerprint density at radius 1 is 0.788 bits per heavy atom. The number of rotatable bonds is 5. The molecule has 6 heteroatoms. The molecule has 4 nitrogen and oxygen atoms in total. The second-order valence-corrected chi connectivity index (χ2v) is 21.6. The number of hydrogen-bond donors (Lipinski definition) is 0. The van der Waals surface area contributed by atoms with Gasteiger partial charge < -0.3 is 13.6 Å². The highest BCUT2D eigenvalue weighted by molar-refractivity contribution is 6.75. The Hall–Kier alpha value is -2.06. The molecule has 1 heterocycles. The second-order valence-electron chi connectivity index (χ2n) is 12.2. The molecule has 1 unspecified atom stereocenters. The highest BCUT2D eigenvalue weighted by atomic mass is 28.4. The van der Waals surface area contributed by atoms with Gasteiger partial charge in [-0.1, -0.05) is 53.7 Å². The highest BCUT2D eigenvalue weighted by Gasteiger charge is 2.40. The van der Waals surface area contributed by atoms with Crippen molar-refractivity contribution < 1.29 is 18.4 Å². The minimum absolute atomic E-state index is 0.0909. The summed E-state index contributed by atoms with van der Waals surface area (Å²) in [5, 5.41) is 0.237. The predicted molar refractivity (Wildman–Crippen MR) is 141 cm³/mol. The molecule has 1 aliphatic rings. The van der Waals surface area contributed by atoms with Crippen molar-refractivity contribution in [2.24, 2.45) is 0 Å². The Kier molecular flexibility index (Phi) is 6.68. The fourth-order valence-corrected chi connectivity index (χ4v) is 5.29. The van der Waals surface area contributed by atoms with Crippen LogP contribution in [-0.4, -0.2) is 29.0 Å². The average Bonchev–Trinajstić information content (AvgIpc) is 2.67. The number of carbonyl (C=O) groups is 1. The van der Waals surface area contributed by atoms with Gasteiger partial charge in [-0.05, 0) is 66.1 Å². The van der Waals surface area contributed by atoms with E-state index >= 15 is 0 Å². The highest BCUT2D eigenvalue weighted by Crippen LogP contribution is 2.41. The summed E-state index contributed by atoms with van der Waals surface area (Å²) >= 11 is 0. The second kappa shape index (κ2) is 8.62. The summed E-state index contributed by atoms with van der Waals surface area (Å²) in [5.74, 6) is 2.03. The molecule has 1 aliphatic heterocycles. The van der Waals surface area contributed by atoms with Crippen molar-refractivity contribution in [1.29, 1.82) is 0 Å². The Morgan fingerprint density at radius 3 is 1.79 bits per heavy atom. The van der Waals surface area contributed by atoms with Gasteiger partial charge >= 0.3 is 0 Å². The summed E-state index contributed by atoms with van der Waals surface area (Å²) in [6.45, 7) is 22.6. The largest absolute Gasteiger partial charge is 0.544 e. The van der Waals surface area contributed by atoms with E-state index in [0.29, 0.717) is 17.9 Å². The molecule has 0 spiro atoms. The van der Waals surface area contributed by atoms with Gasteiger partial charge in [0.1, 0.15) is 23.9 Å². The first kappa shape index (κ1) is 25.6. The van der Waals surface area contributed by atoms with Gasteiger partial charge in [0.05, 0.1) is 11.5 Å². The third-order valence-electron chi connectivity index (χ3n) is 7.58. The first-order chi connectivity index (χ1) is 15.0. The first-order valence-corrected chi connectivity index (χ1v) is 17.6. The van der Waals surface area contributed by atoms with Crippen LogP contribution in [0.3, 0.4) is 0 Å². The minimum atomic E-state index is -1.96. The quantitative estimate of drug-likeness (QED) is 0.406. The van der Waals surface area contributed by atoms with E-state index in [1.807, 2.05) is 42.5 Å². The Balaban J connectivity index is 1.76. The number of carbonyl (C=O) groups excluding carboxylic acids is 1. The van der Waals surface area contributed by atoms with E-state index in [-0.39, 0.29) is 21.8 Å². The molecule has 3 rings (SSSR count). The first-order valence-electron chi connectivity index (χ1n) is 11.8. The van der Waals surface area contributed by atoms with Crippen LogP contribution >= 0.6 is 0 Å². The molecule has 0 bridgehead atoms. The summed E-state index contributed by atoms with van der Waals surface area (Å²) in [7, 11) is -3.86. The number of Topliss-reactive ketones (excluding diaryl/α,β-unsaturated/α-hetero) is 1. The molecule has 0 N–H and O–H groups in total. The van der Waals surface area contributed by atoms with Crippen molar-refractivity contribution in [3.63, 3.8) is 0 Å². The van der Waals surface area contributed by atoms with Crippen LogP contribution < -0.4 is 13.6 Å². The summed E-state index contributed by atoms with van der Waals surface area (Å²) < 4.78 is 18.8. The normalized spacial score (nSPS) is 17.3. The van der Waals surface area contributed by atoms with Crippen LogP contribution in [0.25, 0.3) is 0 Å². The standard InChI is InChI=1S/C27H40O4Si2/c1-26(2,3)32(7,8)30-20-13-11-19(12-14-20)23-18-29-24-17-21(15-16-22(24)25(23)28)31-33(9,10)27(4,5)6/h11-17,23H,18H2,1-10H3. The summed E-state index contributed by atoms with van der Waals surface area (Å²) in [6.07, 6.45) is 0. The lowest BCUT2D eigenvalue weighted by Crippen LogP contribution is -2.43. The van der Waals surface area contributed by atoms with Crippen LogP contribution in [0.5, 0.6) is 17.2 Å². The molecule has 0 aliphatic carbocycles. The van der Waals surface area contributed by atoms with E-state index in [9.17, 15) is 4.79 Å². The number of ether oxygens (including phenoxy) is 1. The maximum atomic E-state index is 13.3. The zero-order valence-electron chi connectivity index (χ0n) is 22.0. The van der Waals surface area contributed by atoms with E-state index in [1.165, 1.54) is 0 Å². The number of hydrogen-bond acceptors (Lipinski definition) is 4. The molecular weight excluding hydrogens is 444 g/mol. The van der Waals surface area contributed by atoms with Gasteiger partial charge in [-0.15, -0.1) is 0 Å². The van der Waals surface area contributed by atoms with Gasteiger partial charge in [0.15, 0.2) is 5.78 Å². The molecule has 0 fully saturated rings. The SMILES string of the molecule is CC(C)(C)[Si](C)(C)Oc1ccc(C2COc3cc(O[Si](C)(C)C(C)(C)C)ccc3C2=O)cc1. The average molecular weight is 485 g/mol. The lowest BCUT2D eigenvalue weighted by molar-refractivity contribution is 0.0896. The Morgan fingerprint density at radius 2 is 1.27 bits per heavy atom. The van der Waals surface area contributed by atoms with Crippen LogP contribution in [-0.2, 0) is 0 Å². The van der Waals surface area contributed by atoms with Gasteiger partial charge in [0, 0.05) is 6.07 Å². The molecule has 1 atom stereocenters. The van der Waals surface area contributed by atoms with Gasteiger partial charge in [0.25, 0.3) is 0 Å². The lowest BCUT2D eigenvalue weighted by Gasteiger charge is -2.36. The smallest absolute Gasteiger partial charge is 0.250 e. The van der Waals surface area contributed by atoms with Gasteiger partial charge in [-0.2, -0.15) is 0 Å². The molecule has 0 saturated carbocycles. The van der Waals surface area contributed by atoms with Crippen LogP contribution in [0.1, 0.15) is 63.4 Å². The zero-order valence-corrected chi connectivity index (χ0v) is 24.0. The summed E-state index contributed by atoms with van der Waals surface area (Å²) in [6, 6.07) is 13.6. The van der Waals surface area contributed by atoms with Gasteiger partial charge in [-0.3, -0.25) is 4.79 Å². The summed E-state index contributed by atoms with van der Waals surface area (Å²) in [5.41, 5.74) is 1.57. The molecule has 180 valence electrons. The number of fused-ring (bicyclic) bond motifs is 1. The molecule has 2 aromatic carbocycles. The van der Waals surface area contributed by atoms with Gasteiger partial charge in [-0.25, -0.2) is 0 Å². The van der Waals surface area contributed by atoms with Crippen LogP contribution in [0, 0.1) is 0 Å². The molecule has 33 heavy (non-hydrogen) atoms. The fourth-order valence-electron chi connectivity index (χ4n) is 3.24. The van der Waals surface area contributed by atoms with Crippen molar-refractivity contribution in [3.05, 3.63) is 53.6 Å². The molecule has 0 amide bonds. The van der Waals surface area contributed by atoms with Crippen molar-refractivity contribution in [2.75, 3.05) is 6.61 Å². The molecular formula is C27H40O4Si2. The van der Waals surface area contributed by atoms with Crippen molar-refractivity contribution in [1.82, 2.24) is 0 Å². The molecule has 0 radical (unpaired) electrons. The minimum Gasteiger partial charge on any atom is -0.544 e. The van der Waals surface area contributed by atoms with E-state index in [1.54, 1.807) is 0 Å². The third-order valence-corrected chi connectivity index (χ3v) is 16.3. The van der Waals surface area contributed by atoms with E-state index < -0.39 is 16.6 Å². The number of ketones is 1. The predicted octanol–water partition coefficient (Wildman–Crippen LogP) is 7.81. The fraction of sp³-hybridized carbons (Fsp3) is 0.519. The number of benzene rings is 2. The van der Waals surface area contributed by atoms with Crippen LogP contribution in [0.2, 0.25) is 36.3 Å². The molecule has 0 aromatic heterocycles. The van der Waals surface area contributed by atoms with E-state index in [0.717, 1.165) is 17.1 Å². The van der Waals surface area contributed by atoms with Crippen LogP contribution in [0.4, 0.5) is 0 Å². The maximum absolute atomic E-state index is 13.3. The van der Waals surface area contributed by atoms with Crippen LogP contribution in [0.15, 0.2) is 42.5 Å². The maximum Gasteiger partial charge on any atom is 0.250 e. The van der Waals surface area contributed by atoms with Crippen molar-refractivity contribution in [3.8, 4) is 17.2 Å². The molecule has 2 aromatic rings. The van der Waals surface area contributed by atoms with Gasteiger partial charge in [0.2, 0.25) is 16.6 Å². The lowest BCUT2D eigenvalue weighted by atomic mass is 9.89. The van der Waals surface area contributed by atoms with Crippen molar-refractivity contribution in [2.45, 2.75) is 83.7 Å². The monoisotopic (exact) mass is 484 g/mol. The summed E-state index contributed by atoms with van der Waals surface area (Å²) in [4.78, 5) is 13.3. The Labute approximate surface area is 201 Å². The molecule has 0 saturated heterocycles. The van der Waals surface area contributed by atoms with Crippen molar-refractivity contribution >= 4 is 22.4 Å². The topological polar surface area (TPSA) is 44.8 Å². The zero-order chi connectivity index (χ0) is 24.8. The van der Waals surface area contributed by atoms with E-state index in [4.69, 9.17) is 13.6 Å².